The maximum absolute atomic E-state index is 13.2. The molecule has 1 aromatic heterocycles. The molecule has 220 valence electrons. The number of aliphatic hydroxyl groups excluding tert-OH is 1. The zero-order chi connectivity index (χ0) is 30.3. The molecular formula is C25H25N7O8S2. The van der Waals surface area contributed by atoms with Crippen molar-refractivity contribution in [3.8, 4) is 5.69 Å². The number of carbonyl (C=O) groups is 4. The number of carbonyl (C=O) groups excluding carboxylic acids is 3. The van der Waals surface area contributed by atoms with Crippen molar-refractivity contribution in [2.75, 3.05) is 11.5 Å². The van der Waals surface area contributed by atoms with Crippen LogP contribution in [0.5, 0.6) is 0 Å². The van der Waals surface area contributed by atoms with Crippen molar-refractivity contribution < 1.29 is 43.9 Å². The fourth-order valence-electron chi connectivity index (χ4n) is 4.41. The summed E-state index contributed by atoms with van der Waals surface area (Å²) in [6.45, 7) is 2.51. The fourth-order valence-corrected chi connectivity index (χ4v) is 6.29. The number of rotatable bonds is 10. The molecule has 5 N–H and O–H groups in total. The molecular weight excluding hydrogens is 590 g/mol. The number of hydrogen-bond acceptors (Lipinski definition) is 12. The third-order valence-corrected chi connectivity index (χ3v) is 8.68. The average Bonchev–Trinajstić information content (AvgIpc) is 3.56. The molecule has 17 heteroatoms. The van der Waals surface area contributed by atoms with Crippen LogP contribution in [0.3, 0.4) is 0 Å². The Hall–Kier alpha value is -4.48. The number of carboxylic acid groups (broad SMARTS) is 2. The minimum atomic E-state index is -1.77. The number of nitrogen functional groups attached to an aromatic ring is 1. The van der Waals surface area contributed by atoms with E-state index in [0.29, 0.717) is 11.3 Å². The first-order chi connectivity index (χ1) is 19.9. The first kappa shape index (κ1) is 29.0. The minimum absolute atomic E-state index is 0.0109. The van der Waals surface area contributed by atoms with Gasteiger partial charge in [0.1, 0.15) is 23.7 Å². The number of amides is 2. The molecule has 0 saturated carbocycles. The van der Waals surface area contributed by atoms with E-state index in [1.54, 1.807) is 33.8 Å². The van der Waals surface area contributed by atoms with Crippen molar-refractivity contribution in [1.82, 2.24) is 19.8 Å². The summed E-state index contributed by atoms with van der Waals surface area (Å²) >= 11 is 2.28. The zero-order valence-electron chi connectivity index (χ0n) is 22.2. The lowest BCUT2D eigenvalue weighted by atomic mass is 10.0. The Morgan fingerprint density at radius 1 is 1.36 bits per heavy atom. The minimum Gasteiger partial charge on any atom is -0.543 e. The Bertz CT molecular complexity index is 1630. The van der Waals surface area contributed by atoms with Crippen LogP contribution in [0.25, 0.3) is 5.69 Å². The molecule has 0 radical (unpaired) electrons. The van der Waals surface area contributed by atoms with E-state index in [0.717, 1.165) is 21.9 Å². The standard InChI is InChI=1S/C25H25N7O8S2/c1-25(2,23(38)39)40-29-16(15-11-42-24(26)27-15)19(34)28-17-20(35)32-18(22(36)37)12(10-41-21(17)32)7-30-5-6-31-13(8-30)3-4-14(31)9-33/h3-6,8,11,17,21,33H,7,9-10H2,1-2H3,(H4-,26,27,28,34,36,37,38,39)/b29-16-/t17-,21+/m1/s1. The van der Waals surface area contributed by atoms with Gasteiger partial charge in [-0.25, -0.2) is 9.78 Å². The largest absolute Gasteiger partial charge is 0.543 e. The van der Waals surface area contributed by atoms with E-state index in [1.165, 1.54) is 31.0 Å². The second kappa shape index (κ2) is 11.1. The number of fused-ring (bicyclic) bond motifs is 2. The Morgan fingerprint density at radius 2 is 2.12 bits per heavy atom. The normalized spacial score (nSPS) is 19.0. The highest BCUT2D eigenvalue weighted by molar-refractivity contribution is 8.00. The molecule has 5 rings (SSSR count). The first-order valence-corrected chi connectivity index (χ1v) is 14.3. The van der Waals surface area contributed by atoms with E-state index in [1.807, 2.05) is 6.07 Å². The maximum atomic E-state index is 13.2. The lowest BCUT2D eigenvalue weighted by Gasteiger charge is -2.50. The van der Waals surface area contributed by atoms with E-state index < -0.39 is 46.5 Å². The highest BCUT2D eigenvalue weighted by atomic mass is 32.2. The summed E-state index contributed by atoms with van der Waals surface area (Å²) in [5.74, 6) is -4.16. The van der Waals surface area contributed by atoms with Gasteiger partial charge in [-0.2, -0.15) is 4.57 Å². The lowest BCUT2D eigenvalue weighted by Crippen LogP contribution is -2.71. The van der Waals surface area contributed by atoms with Gasteiger partial charge in [-0.1, -0.05) is 5.16 Å². The molecule has 0 unspecified atom stereocenters. The average molecular weight is 616 g/mol. The second-order valence-corrected chi connectivity index (χ2v) is 11.9. The number of thiazole rings is 1. The van der Waals surface area contributed by atoms with Crippen molar-refractivity contribution in [3.05, 3.63) is 58.8 Å². The molecule has 42 heavy (non-hydrogen) atoms. The fraction of sp³-hybridized carbons (Fsp3) is 0.320. The van der Waals surface area contributed by atoms with Gasteiger partial charge in [0.2, 0.25) is 17.0 Å². The van der Waals surface area contributed by atoms with Crippen LogP contribution in [0.15, 0.2) is 52.5 Å². The van der Waals surface area contributed by atoms with Gasteiger partial charge in [0, 0.05) is 29.8 Å². The van der Waals surface area contributed by atoms with E-state index >= 15 is 0 Å². The first-order valence-electron chi connectivity index (χ1n) is 12.4. The summed E-state index contributed by atoms with van der Waals surface area (Å²) in [5.41, 5.74) is 5.19. The van der Waals surface area contributed by atoms with E-state index in [-0.39, 0.29) is 35.4 Å². The Morgan fingerprint density at radius 3 is 2.76 bits per heavy atom. The van der Waals surface area contributed by atoms with Crippen LogP contribution in [0.1, 0.15) is 25.2 Å². The second-order valence-electron chi connectivity index (χ2n) is 9.90. The number of nitrogens with one attached hydrogen (secondary N) is 1. The van der Waals surface area contributed by atoms with Gasteiger partial charge in [-0.3, -0.25) is 14.5 Å². The molecule has 15 nitrogen and oxygen atoms in total. The molecule has 0 aromatic carbocycles. The number of oxime groups is 1. The number of aliphatic hydroxyl groups is 1. The Kier molecular flexibility index (Phi) is 7.65. The number of nitrogens with two attached hydrogens (primary N) is 1. The quantitative estimate of drug-likeness (QED) is 0.0883. The molecule has 0 bridgehead atoms. The van der Waals surface area contributed by atoms with E-state index in [2.05, 4.69) is 15.5 Å². The van der Waals surface area contributed by atoms with E-state index in [9.17, 15) is 34.5 Å². The number of β-lactam (4-membered cyclic amide) rings is 1. The number of aromatic nitrogens is 3. The highest BCUT2D eigenvalue weighted by Crippen LogP contribution is 2.40. The maximum Gasteiger partial charge on any atom is 0.350 e. The van der Waals surface area contributed by atoms with Gasteiger partial charge in [0.25, 0.3) is 11.8 Å². The molecule has 5 heterocycles. The molecule has 1 fully saturated rings. The third-order valence-electron chi connectivity index (χ3n) is 6.66. The monoisotopic (exact) mass is 615 g/mol. The summed E-state index contributed by atoms with van der Waals surface area (Å²) in [5, 5.41) is 38.1. The number of hydrogen-bond donors (Lipinski definition) is 4. The lowest BCUT2D eigenvalue weighted by molar-refractivity contribution is -0.604. The number of carboxylic acids is 2. The highest BCUT2D eigenvalue weighted by Gasteiger charge is 2.53. The molecule has 2 amide bonds. The van der Waals surface area contributed by atoms with Crippen molar-refractivity contribution in [3.63, 3.8) is 0 Å². The third kappa shape index (κ3) is 5.28. The van der Waals surface area contributed by atoms with Gasteiger partial charge in [0.05, 0.1) is 24.1 Å². The Labute approximate surface area is 246 Å². The summed E-state index contributed by atoms with van der Waals surface area (Å²) in [6, 6.07) is 2.49. The zero-order valence-corrected chi connectivity index (χ0v) is 23.8. The molecule has 4 aliphatic heterocycles. The molecule has 2 atom stereocenters. The molecule has 0 aliphatic carbocycles. The van der Waals surface area contributed by atoms with Crippen LogP contribution >= 0.6 is 23.1 Å². The van der Waals surface area contributed by atoms with Crippen LogP contribution in [0, 0.1) is 0 Å². The van der Waals surface area contributed by atoms with E-state index in [4.69, 9.17) is 10.6 Å². The van der Waals surface area contributed by atoms with Gasteiger partial charge in [-0.15, -0.1) is 23.1 Å². The van der Waals surface area contributed by atoms with Gasteiger partial charge in [-0.05, 0) is 19.4 Å². The number of anilines is 1. The summed E-state index contributed by atoms with van der Waals surface area (Å²) < 4.78 is 3.56. The SMILES string of the molecule is CC(C)(O/N=C(\C(=O)N[C@@H]1C(=O)N2C(C(=O)[O-])=C(Cn3cc[n+]4c(CO)ccc-4c3)CS[C@@H]12)c1csc(N)n1)C(=O)O. The van der Waals surface area contributed by atoms with Crippen LogP contribution < -0.4 is 20.7 Å². The van der Waals surface area contributed by atoms with Crippen molar-refractivity contribution in [2.24, 2.45) is 5.16 Å². The van der Waals surface area contributed by atoms with Crippen molar-refractivity contribution >= 4 is 57.7 Å². The van der Waals surface area contributed by atoms with Crippen LogP contribution in [-0.2, 0) is 37.2 Å². The number of nitrogens with zero attached hydrogens (tertiary/aromatic N) is 5. The predicted molar refractivity (Wildman–Crippen MR) is 146 cm³/mol. The predicted octanol–water partition coefficient (Wildman–Crippen LogP) is -1.58. The van der Waals surface area contributed by atoms with Gasteiger partial charge >= 0.3 is 5.97 Å². The molecule has 1 aromatic rings. The topological polar surface area (TPSA) is 216 Å². The molecule has 4 aliphatic rings. The van der Waals surface area contributed by atoms with Crippen LogP contribution in [0.4, 0.5) is 5.13 Å². The number of thioether (sulfide) groups is 1. The van der Waals surface area contributed by atoms with Gasteiger partial charge < -0.3 is 40.6 Å². The van der Waals surface area contributed by atoms with Crippen LogP contribution in [0.2, 0.25) is 0 Å². The summed E-state index contributed by atoms with van der Waals surface area (Å²) in [4.78, 5) is 60.2. The van der Waals surface area contributed by atoms with Gasteiger partial charge in [0.15, 0.2) is 17.0 Å². The molecule has 0 spiro atoms. The smallest absolute Gasteiger partial charge is 0.350 e. The van der Waals surface area contributed by atoms with Crippen LogP contribution in [-0.4, -0.2) is 76.9 Å². The van der Waals surface area contributed by atoms with Crippen molar-refractivity contribution in [2.45, 2.75) is 44.0 Å². The molecule has 1 saturated heterocycles. The number of aliphatic carboxylic acids is 2. The van der Waals surface area contributed by atoms with Crippen molar-refractivity contribution in [1.29, 1.82) is 0 Å². The summed E-state index contributed by atoms with van der Waals surface area (Å²) in [7, 11) is 0. The Balaban J connectivity index is 1.36. The summed E-state index contributed by atoms with van der Waals surface area (Å²) in [6.07, 6.45) is 5.26.